The third kappa shape index (κ3) is 1.55. The van der Waals surface area contributed by atoms with Crippen molar-refractivity contribution in [1.29, 1.82) is 0 Å². The number of hydrogen-bond donors (Lipinski definition) is 2. The van der Waals surface area contributed by atoms with Crippen LogP contribution in [-0.2, 0) is 0 Å². The van der Waals surface area contributed by atoms with Crippen LogP contribution in [-0.4, -0.2) is 25.2 Å². The normalized spacial score (nSPS) is 26.8. The molecule has 0 aromatic rings. The third-order valence-corrected chi connectivity index (χ3v) is 1.28. The third-order valence-electron chi connectivity index (χ3n) is 1.28. The van der Waals surface area contributed by atoms with Crippen LogP contribution in [0, 0.1) is 0 Å². The topological polar surface area (TPSA) is 50.4 Å². The van der Waals surface area contributed by atoms with E-state index in [4.69, 9.17) is 5.73 Å². The maximum absolute atomic E-state index is 11.9. The summed E-state index contributed by atoms with van der Waals surface area (Å²) < 4.78 is 11.9. The number of rotatable bonds is 1. The lowest BCUT2D eigenvalue weighted by Gasteiger charge is -2.16. The molecule has 52 valence electrons. The molecule has 1 aliphatic heterocycles. The van der Waals surface area contributed by atoms with Gasteiger partial charge in [0, 0.05) is 6.54 Å². The predicted octanol–water partition coefficient (Wildman–Crippen LogP) is -0.368. The molecule has 4 heteroatoms. The fraction of sp³-hybridized carbons (Fsp3) is 0.800. The zero-order valence-corrected chi connectivity index (χ0v) is 5.10. The largest absolute Gasteiger partial charge is 0.370 e. The number of halogens is 1. The van der Waals surface area contributed by atoms with Crippen LogP contribution in [0.3, 0.4) is 0 Å². The van der Waals surface area contributed by atoms with Gasteiger partial charge in [0.2, 0.25) is 0 Å². The van der Waals surface area contributed by atoms with Crippen LogP contribution in [0.15, 0.2) is 4.99 Å². The van der Waals surface area contributed by atoms with Crippen molar-refractivity contribution in [3.63, 3.8) is 0 Å². The van der Waals surface area contributed by atoms with Crippen LogP contribution in [0.25, 0.3) is 0 Å². The fourth-order valence-electron chi connectivity index (χ4n) is 0.785. The first-order chi connectivity index (χ1) is 4.33. The standard InChI is InChI=1S/C5H10FN3/c6-3-4-1-2-8-5(7)9-4/h4H,1-3H2,(H3,7,8,9). The summed E-state index contributed by atoms with van der Waals surface area (Å²) in [4.78, 5) is 3.81. The zero-order valence-electron chi connectivity index (χ0n) is 5.10. The van der Waals surface area contributed by atoms with Crippen molar-refractivity contribution in [1.82, 2.24) is 5.32 Å². The molecule has 3 nitrogen and oxygen atoms in total. The summed E-state index contributed by atoms with van der Waals surface area (Å²) in [6.45, 7) is 0.340. The molecule has 1 aliphatic rings. The van der Waals surface area contributed by atoms with Gasteiger partial charge in [-0.3, -0.25) is 0 Å². The number of guanidine groups is 1. The highest BCUT2D eigenvalue weighted by Gasteiger charge is 2.10. The molecule has 9 heavy (non-hydrogen) atoms. The summed E-state index contributed by atoms with van der Waals surface area (Å²) in [6.07, 6.45) is 0.747. The van der Waals surface area contributed by atoms with E-state index in [0.29, 0.717) is 5.96 Å². The van der Waals surface area contributed by atoms with Gasteiger partial charge in [0.15, 0.2) is 5.96 Å². The summed E-state index contributed by atoms with van der Waals surface area (Å²) in [7, 11) is 0. The zero-order chi connectivity index (χ0) is 6.69. The number of nitrogens with zero attached hydrogens (tertiary/aromatic N) is 1. The van der Waals surface area contributed by atoms with Crippen molar-refractivity contribution in [3.05, 3.63) is 0 Å². The number of aliphatic imine (C=N–C) groups is 1. The lowest BCUT2D eigenvalue weighted by atomic mass is 10.2. The maximum Gasteiger partial charge on any atom is 0.188 e. The van der Waals surface area contributed by atoms with Crippen LogP contribution >= 0.6 is 0 Å². The van der Waals surface area contributed by atoms with Gasteiger partial charge in [0.1, 0.15) is 6.67 Å². The highest BCUT2D eigenvalue weighted by Crippen LogP contribution is 2.00. The van der Waals surface area contributed by atoms with Crippen LogP contribution in [0.5, 0.6) is 0 Å². The van der Waals surface area contributed by atoms with Crippen LogP contribution < -0.4 is 11.1 Å². The van der Waals surface area contributed by atoms with Gasteiger partial charge in [-0.1, -0.05) is 0 Å². The van der Waals surface area contributed by atoms with Crippen LogP contribution in [0.4, 0.5) is 4.39 Å². The quantitative estimate of drug-likeness (QED) is 0.510. The van der Waals surface area contributed by atoms with E-state index in [-0.39, 0.29) is 6.04 Å². The molecule has 0 aromatic heterocycles. The Kier molecular flexibility index (Phi) is 1.87. The summed E-state index contributed by atoms with van der Waals surface area (Å²) in [5.41, 5.74) is 5.27. The first-order valence-electron chi connectivity index (χ1n) is 2.96. The minimum Gasteiger partial charge on any atom is -0.370 e. The van der Waals surface area contributed by atoms with Crippen molar-refractivity contribution in [2.45, 2.75) is 12.5 Å². The highest BCUT2D eigenvalue weighted by molar-refractivity contribution is 5.78. The van der Waals surface area contributed by atoms with E-state index in [1.807, 2.05) is 0 Å². The highest BCUT2D eigenvalue weighted by atomic mass is 19.1. The smallest absolute Gasteiger partial charge is 0.188 e. The Balaban J connectivity index is 2.47. The first kappa shape index (κ1) is 6.32. The lowest BCUT2D eigenvalue weighted by Crippen LogP contribution is -2.39. The lowest BCUT2D eigenvalue weighted by molar-refractivity contribution is 0.405. The van der Waals surface area contributed by atoms with Gasteiger partial charge < -0.3 is 11.1 Å². The van der Waals surface area contributed by atoms with Gasteiger partial charge in [0.05, 0.1) is 6.04 Å². The van der Waals surface area contributed by atoms with Gasteiger partial charge in [0.25, 0.3) is 0 Å². The Morgan fingerprint density at radius 2 is 2.67 bits per heavy atom. The molecule has 0 bridgehead atoms. The molecular weight excluding hydrogens is 121 g/mol. The van der Waals surface area contributed by atoms with Gasteiger partial charge >= 0.3 is 0 Å². The van der Waals surface area contributed by atoms with E-state index in [1.54, 1.807) is 0 Å². The second-order valence-electron chi connectivity index (χ2n) is 2.04. The fourth-order valence-corrected chi connectivity index (χ4v) is 0.785. The molecule has 0 fully saturated rings. The molecule has 1 unspecified atom stereocenters. The van der Waals surface area contributed by atoms with E-state index >= 15 is 0 Å². The molecule has 3 N–H and O–H groups in total. The maximum atomic E-state index is 11.9. The second-order valence-corrected chi connectivity index (χ2v) is 2.04. The minimum absolute atomic E-state index is 0.203. The average molecular weight is 131 g/mol. The Hall–Kier alpha value is -0.800. The molecule has 0 spiro atoms. The van der Waals surface area contributed by atoms with Crippen molar-refractivity contribution >= 4 is 5.96 Å². The first-order valence-corrected chi connectivity index (χ1v) is 2.96. The number of nitrogens with two attached hydrogens (primary N) is 1. The molecule has 0 radical (unpaired) electrons. The molecule has 1 atom stereocenters. The molecule has 0 amide bonds. The van der Waals surface area contributed by atoms with Gasteiger partial charge in [-0.05, 0) is 6.42 Å². The molecule has 0 saturated carbocycles. The van der Waals surface area contributed by atoms with Gasteiger partial charge in [-0.2, -0.15) is 0 Å². The molecule has 0 aliphatic carbocycles. The Morgan fingerprint density at radius 3 is 3.11 bits per heavy atom. The summed E-state index contributed by atoms with van der Waals surface area (Å²) in [6, 6.07) is -0.203. The van der Waals surface area contributed by atoms with Crippen molar-refractivity contribution in [2.24, 2.45) is 10.7 Å². The number of nitrogens with one attached hydrogen (secondary N) is 1. The monoisotopic (exact) mass is 131 g/mol. The van der Waals surface area contributed by atoms with E-state index in [1.165, 1.54) is 0 Å². The van der Waals surface area contributed by atoms with E-state index < -0.39 is 6.67 Å². The summed E-state index contributed by atoms with van der Waals surface area (Å²) >= 11 is 0. The molecule has 0 saturated heterocycles. The Morgan fingerprint density at radius 1 is 1.89 bits per heavy atom. The Bertz CT molecular complexity index is 123. The molecule has 0 aromatic carbocycles. The SMILES string of the molecule is NC1=NC(CF)CCN1. The number of alkyl halides is 1. The van der Waals surface area contributed by atoms with E-state index in [2.05, 4.69) is 10.3 Å². The van der Waals surface area contributed by atoms with Crippen LogP contribution in [0.2, 0.25) is 0 Å². The molecular formula is C5H10FN3. The van der Waals surface area contributed by atoms with Crippen molar-refractivity contribution < 1.29 is 4.39 Å². The molecule has 1 heterocycles. The summed E-state index contributed by atoms with van der Waals surface area (Å²) in [5, 5.41) is 2.81. The number of hydrogen-bond acceptors (Lipinski definition) is 3. The van der Waals surface area contributed by atoms with E-state index in [0.717, 1.165) is 13.0 Å². The Labute approximate surface area is 53.1 Å². The van der Waals surface area contributed by atoms with Gasteiger partial charge in [-0.15, -0.1) is 0 Å². The average Bonchev–Trinajstić information content (AvgIpc) is 1.88. The van der Waals surface area contributed by atoms with Crippen LogP contribution in [0.1, 0.15) is 6.42 Å². The van der Waals surface area contributed by atoms with Crippen molar-refractivity contribution in [3.8, 4) is 0 Å². The predicted molar refractivity (Wildman–Crippen MR) is 34.0 cm³/mol. The van der Waals surface area contributed by atoms with Crippen molar-refractivity contribution in [2.75, 3.05) is 13.2 Å². The summed E-state index contributed by atoms with van der Waals surface area (Å²) in [5.74, 6) is 0.365. The van der Waals surface area contributed by atoms with E-state index in [9.17, 15) is 4.39 Å². The molecule has 1 rings (SSSR count). The second kappa shape index (κ2) is 2.66. The minimum atomic E-state index is -0.400. The van der Waals surface area contributed by atoms with Gasteiger partial charge in [-0.25, -0.2) is 9.38 Å².